The first-order chi connectivity index (χ1) is 8.90. The third-order valence-corrected chi connectivity index (χ3v) is 3.50. The lowest BCUT2D eigenvalue weighted by molar-refractivity contribution is 0.405. The van der Waals surface area contributed by atoms with Gasteiger partial charge in [-0.15, -0.1) is 0 Å². The smallest absolute Gasteiger partial charge is 0.123 e. The monoisotopic (exact) mass is 245 g/mol. The van der Waals surface area contributed by atoms with Crippen molar-refractivity contribution in [2.75, 3.05) is 7.11 Å². The molecule has 1 atom stereocenters. The number of benzene rings is 1. The Kier molecular flexibility index (Phi) is 5.28. The number of hydrogen-bond donors (Lipinski definition) is 1. The summed E-state index contributed by atoms with van der Waals surface area (Å²) in [6.45, 7) is 0.874. The molecule has 0 fully saturated rings. The van der Waals surface area contributed by atoms with Crippen LogP contribution in [0.25, 0.3) is 0 Å². The van der Waals surface area contributed by atoms with E-state index >= 15 is 0 Å². The van der Waals surface area contributed by atoms with E-state index in [1.165, 1.54) is 37.7 Å². The lowest BCUT2D eigenvalue weighted by Crippen LogP contribution is -2.27. The molecule has 0 amide bonds. The predicted octanol–water partition coefficient (Wildman–Crippen LogP) is 3.67. The fourth-order valence-electron chi connectivity index (χ4n) is 2.42. The van der Waals surface area contributed by atoms with Crippen molar-refractivity contribution in [2.24, 2.45) is 0 Å². The van der Waals surface area contributed by atoms with Crippen LogP contribution in [0, 0.1) is 0 Å². The van der Waals surface area contributed by atoms with E-state index < -0.39 is 0 Å². The van der Waals surface area contributed by atoms with Crippen LogP contribution in [0.2, 0.25) is 0 Å². The number of methoxy groups -OCH3 is 1. The Morgan fingerprint density at radius 1 is 1.22 bits per heavy atom. The summed E-state index contributed by atoms with van der Waals surface area (Å²) in [6, 6.07) is 8.73. The second kappa shape index (κ2) is 7.22. The first-order valence-electron chi connectivity index (χ1n) is 6.92. The van der Waals surface area contributed by atoms with Gasteiger partial charge in [0.25, 0.3) is 0 Å². The number of hydrogen-bond acceptors (Lipinski definition) is 2. The standard InChI is InChI=1S/C16H23NO/c1-18-16-12-8-7-9-14(16)13-17-15-10-5-3-2-4-6-11-15/h5,7-10,12,15,17H,2-4,6,11,13H2,1H3/b10-5+. The predicted molar refractivity (Wildman–Crippen MR) is 75.8 cm³/mol. The number of nitrogens with one attached hydrogen (secondary N) is 1. The Morgan fingerprint density at radius 2 is 2.11 bits per heavy atom. The Balaban J connectivity index is 1.91. The van der Waals surface area contributed by atoms with Gasteiger partial charge in [0.1, 0.15) is 5.75 Å². The molecule has 1 N–H and O–H groups in total. The molecule has 2 rings (SSSR count). The number of ether oxygens (including phenoxy) is 1. The molecule has 0 aliphatic heterocycles. The molecule has 1 aliphatic carbocycles. The van der Waals surface area contributed by atoms with Crippen LogP contribution in [-0.2, 0) is 6.54 Å². The molecular weight excluding hydrogens is 222 g/mol. The van der Waals surface area contributed by atoms with Crippen LogP contribution < -0.4 is 10.1 Å². The maximum Gasteiger partial charge on any atom is 0.123 e. The molecule has 2 heteroatoms. The van der Waals surface area contributed by atoms with Crippen molar-refractivity contribution in [3.8, 4) is 5.75 Å². The summed E-state index contributed by atoms with van der Waals surface area (Å²) in [4.78, 5) is 0. The minimum Gasteiger partial charge on any atom is -0.496 e. The van der Waals surface area contributed by atoms with Crippen molar-refractivity contribution < 1.29 is 4.74 Å². The molecule has 18 heavy (non-hydrogen) atoms. The highest BCUT2D eigenvalue weighted by Gasteiger charge is 2.08. The third kappa shape index (κ3) is 3.88. The van der Waals surface area contributed by atoms with Crippen molar-refractivity contribution in [3.63, 3.8) is 0 Å². The Morgan fingerprint density at radius 3 is 3.00 bits per heavy atom. The van der Waals surface area contributed by atoms with Gasteiger partial charge in [0.15, 0.2) is 0 Å². The highest BCUT2D eigenvalue weighted by Crippen LogP contribution is 2.18. The fraction of sp³-hybridized carbons (Fsp3) is 0.500. The van der Waals surface area contributed by atoms with E-state index in [-0.39, 0.29) is 0 Å². The molecule has 1 aromatic carbocycles. The summed E-state index contributed by atoms with van der Waals surface area (Å²) < 4.78 is 5.37. The SMILES string of the molecule is COc1ccccc1CNC1/C=C/CCCCC1. The molecule has 2 nitrogen and oxygen atoms in total. The maximum atomic E-state index is 5.37. The fourth-order valence-corrected chi connectivity index (χ4v) is 2.42. The van der Waals surface area contributed by atoms with Crippen LogP contribution in [0.1, 0.15) is 37.7 Å². The zero-order valence-electron chi connectivity index (χ0n) is 11.2. The van der Waals surface area contributed by atoms with Gasteiger partial charge in [-0.05, 0) is 25.3 Å². The van der Waals surface area contributed by atoms with E-state index in [0.29, 0.717) is 6.04 Å². The number of para-hydroxylation sites is 1. The van der Waals surface area contributed by atoms with Crippen molar-refractivity contribution >= 4 is 0 Å². The molecule has 1 aromatic rings. The lowest BCUT2D eigenvalue weighted by Gasteiger charge is -2.18. The topological polar surface area (TPSA) is 21.3 Å². The largest absolute Gasteiger partial charge is 0.496 e. The molecule has 0 saturated heterocycles. The molecular formula is C16H23NO. The van der Waals surface area contributed by atoms with Crippen molar-refractivity contribution in [1.82, 2.24) is 5.32 Å². The van der Waals surface area contributed by atoms with E-state index in [4.69, 9.17) is 4.74 Å². The highest BCUT2D eigenvalue weighted by atomic mass is 16.5. The van der Waals surface area contributed by atoms with E-state index in [9.17, 15) is 0 Å². The third-order valence-electron chi connectivity index (χ3n) is 3.50. The van der Waals surface area contributed by atoms with Gasteiger partial charge in [-0.1, -0.05) is 43.2 Å². The van der Waals surface area contributed by atoms with Gasteiger partial charge in [0, 0.05) is 18.2 Å². The molecule has 0 spiro atoms. The van der Waals surface area contributed by atoms with Gasteiger partial charge in [-0.25, -0.2) is 0 Å². The van der Waals surface area contributed by atoms with Crippen molar-refractivity contribution in [3.05, 3.63) is 42.0 Å². The van der Waals surface area contributed by atoms with E-state index in [0.717, 1.165) is 12.3 Å². The van der Waals surface area contributed by atoms with Crippen LogP contribution in [-0.4, -0.2) is 13.2 Å². The highest BCUT2D eigenvalue weighted by molar-refractivity contribution is 5.33. The molecule has 0 saturated carbocycles. The first kappa shape index (κ1) is 13.2. The molecule has 0 aromatic heterocycles. The zero-order valence-corrected chi connectivity index (χ0v) is 11.2. The second-order valence-electron chi connectivity index (χ2n) is 4.87. The van der Waals surface area contributed by atoms with Crippen molar-refractivity contribution in [1.29, 1.82) is 0 Å². The normalized spacial score (nSPS) is 21.9. The second-order valence-corrected chi connectivity index (χ2v) is 4.87. The summed E-state index contributed by atoms with van der Waals surface area (Å²) in [5, 5.41) is 3.61. The Labute approximate surface area is 110 Å². The Bertz CT molecular complexity index is 386. The van der Waals surface area contributed by atoms with Gasteiger partial charge < -0.3 is 10.1 Å². The maximum absolute atomic E-state index is 5.37. The van der Waals surface area contributed by atoms with E-state index in [2.05, 4.69) is 29.6 Å². The number of rotatable bonds is 4. The average Bonchev–Trinajstić information content (AvgIpc) is 2.38. The van der Waals surface area contributed by atoms with E-state index in [1.807, 2.05) is 12.1 Å². The minimum absolute atomic E-state index is 0.509. The van der Waals surface area contributed by atoms with Gasteiger partial charge in [0.2, 0.25) is 0 Å². The van der Waals surface area contributed by atoms with Crippen LogP contribution in [0.4, 0.5) is 0 Å². The van der Waals surface area contributed by atoms with Crippen LogP contribution >= 0.6 is 0 Å². The van der Waals surface area contributed by atoms with Crippen LogP contribution in [0.5, 0.6) is 5.75 Å². The summed E-state index contributed by atoms with van der Waals surface area (Å²) >= 11 is 0. The van der Waals surface area contributed by atoms with Crippen LogP contribution in [0.3, 0.4) is 0 Å². The van der Waals surface area contributed by atoms with E-state index in [1.54, 1.807) is 7.11 Å². The van der Waals surface area contributed by atoms with Gasteiger partial charge >= 0.3 is 0 Å². The van der Waals surface area contributed by atoms with Crippen LogP contribution in [0.15, 0.2) is 36.4 Å². The summed E-state index contributed by atoms with van der Waals surface area (Å²) in [7, 11) is 1.73. The summed E-state index contributed by atoms with van der Waals surface area (Å²) in [5.41, 5.74) is 1.23. The lowest BCUT2D eigenvalue weighted by atomic mass is 10.0. The van der Waals surface area contributed by atoms with Gasteiger partial charge in [0.05, 0.1) is 7.11 Å². The Hall–Kier alpha value is -1.28. The molecule has 1 unspecified atom stereocenters. The first-order valence-corrected chi connectivity index (χ1v) is 6.92. The molecule has 1 aliphatic rings. The molecule has 0 heterocycles. The van der Waals surface area contributed by atoms with Crippen molar-refractivity contribution in [2.45, 2.75) is 44.7 Å². The minimum atomic E-state index is 0.509. The summed E-state index contributed by atoms with van der Waals surface area (Å²) in [5.74, 6) is 0.972. The molecule has 0 radical (unpaired) electrons. The summed E-state index contributed by atoms with van der Waals surface area (Å²) in [6.07, 6.45) is 11.1. The number of allylic oxidation sites excluding steroid dienone is 1. The molecule has 98 valence electrons. The average molecular weight is 245 g/mol. The quantitative estimate of drug-likeness (QED) is 0.817. The molecule has 0 bridgehead atoms. The zero-order chi connectivity index (χ0) is 12.6. The van der Waals surface area contributed by atoms with Gasteiger partial charge in [-0.3, -0.25) is 0 Å². The van der Waals surface area contributed by atoms with Gasteiger partial charge in [-0.2, -0.15) is 0 Å².